The molecule has 2 N–H and O–H groups in total. The lowest BCUT2D eigenvalue weighted by Gasteiger charge is -2.39. The zero-order chi connectivity index (χ0) is 11.7. The lowest BCUT2D eigenvalue weighted by molar-refractivity contribution is 0.0788. The molecule has 3 rings (SSSR count). The summed E-state index contributed by atoms with van der Waals surface area (Å²) in [7, 11) is 0. The summed E-state index contributed by atoms with van der Waals surface area (Å²) < 4.78 is 5.61. The Morgan fingerprint density at radius 3 is 3.06 bits per heavy atom. The maximum absolute atomic E-state index is 5.92. The Labute approximate surface area is 103 Å². The number of ether oxygens (including phenoxy) is 1. The second-order valence-electron chi connectivity index (χ2n) is 5.06. The molecular formula is C14H20N2O. The average molecular weight is 232 g/mol. The first-order chi connectivity index (χ1) is 8.34. The number of hydrogen-bond acceptors (Lipinski definition) is 3. The molecule has 0 aromatic heterocycles. The first-order valence-corrected chi connectivity index (χ1v) is 6.57. The molecule has 2 aliphatic heterocycles. The summed E-state index contributed by atoms with van der Waals surface area (Å²) in [4.78, 5) is 2.51. The molecule has 2 aliphatic rings. The van der Waals surface area contributed by atoms with Crippen molar-refractivity contribution in [3.63, 3.8) is 0 Å². The maximum atomic E-state index is 5.92. The summed E-state index contributed by atoms with van der Waals surface area (Å²) in [6.45, 7) is 2.94. The molecule has 0 aliphatic carbocycles. The second kappa shape index (κ2) is 4.57. The summed E-state index contributed by atoms with van der Waals surface area (Å²) in [5.41, 5.74) is 9.56. The quantitative estimate of drug-likeness (QED) is 0.754. The Balaban J connectivity index is 1.89. The summed E-state index contributed by atoms with van der Waals surface area (Å²) in [6, 6.07) is 6.87. The molecule has 1 atom stereocenters. The van der Waals surface area contributed by atoms with E-state index in [1.807, 2.05) is 6.07 Å². The molecule has 0 spiro atoms. The average Bonchev–Trinajstić information content (AvgIpc) is 2.39. The molecule has 0 amide bonds. The number of nitrogens with zero attached hydrogens (tertiary/aromatic N) is 1. The molecule has 17 heavy (non-hydrogen) atoms. The summed E-state index contributed by atoms with van der Waals surface area (Å²) in [5, 5.41) is 0. The monoisotopic (exact) mass is 232 g/mol. The predicted molar refractivity (Wildman–Crippen MR) is 70.4 cm³/mol. The van der Waals surface area contributed by atoms with E-state index in [1.54, 1.807) is 0 Å². The van der Waals surface area contributed by atoms with E-state index >= 15 is 0 Å². The molecule has 0 radical (unpaired) electrons. The summed E-state index contributed by atoms with van der Waals surface area (Å²) >= 11 is 0. The maximum Gasteiger partial charge on any atom is 0.0669 e. The van der Waals surface area contributed by atoms with Gasteiger partial charge in [-0.1, -0.05) is 6.07 Å². The van der Waals surface area contributed by atoms with Gasteiger partial charge >= 0.3 is 0 Å². The van der Waals surface area contributed by atoms with Crippen molar-refractivity contribution in [2.75, 3.05) is 30.4 Å². The Hall–Kier alpha value is -1.22. The van der Waals surface area contributed by atoms with Crippen LogP contribution in [0.5, 0.6) is 0 Å². The van der Waals surface area contributed by atoms with Crippen LogP contribution in [-0.4, -0.2) is 25.8 Å². The molecule has 3 nitrogen and oxygen atoms in total. The standard InChI is InChI=1S/C14H20N2O/c15-12-6-5-11-3-1-7-16(14(11)9-12)13-4-2-8-17-10-13/h5-6,9,13H,1-4,7-8,10,15H2. The highest BCUT2D eigenvalue weighted by Gasteiger charge is 2.26. The van der Waals surface area contributed by atoms with Gasteiger partial charge in [0.15, 0.2) is 0 Å². The van der Waals surface area contributed by atoms with Crippen LogP contribution in [0.1, 0.15) is 24.8 Å². The van der Waals surface area contributed by atoms with Gasteiger partial charge in [-0.3, -0.25) is 0 Å². The SMILES string of the molecule is Nc1ccc2c(c1)N(C1CCCOC1)CCC2. The van der Waals surface area contributed by atoms with Gasteiger partial charge in [0.25, 0.3) is 0 Å². The highest BCUT2D eigenvalue weighted by molar-refractivity contribution is 5.63. The first-order valence-electron chi connectivity index (χ1n) is 6.57. The van der Waals surface area contributed by atoms with Crippen molar-refractivity contribution in [3.05, 3.63) is 23.8 Å². The largest absolute Gasteiger partial charge is 0.399 e. The lowest BCUT2D eigenvalue weighted by atomic mass is 9.97. The molecule has 1 fully saturated rings. The van der Waals surface area contributed by atoms with Crippen LogP contribution in [-0.2, 0) is 11.2 Å². The summed E-state index contributed by atoms with van der Waals surface area (Å²) in [5.74, 6) is 0. The van der Waals surface area contributed by atoms with E-state index in [0.29, 0.717) is 6.04 Å². The van der Waals surface area contributed by atoms with E-state index in [2.05, 4.69) is 17.0 Å². The van der Waals surface area contributed by atoms with Crippen LogP contribution in [0.2, 0.25) is 0 Å². The van der Waals surface area contributed by atoms with Crippen molar-refractivity contribution in [3.8, 4) is 0 Å². The minimum atomic E-state index is 0.546. The van der Waals surface area contributed by atoms with Crippen LogP contribution < -0.4 is 10.6 Å². The van der Waals surface area contributed by atoms with E-state index in [9.17, 15) is 0 Å². The highest BCUT2D eigenvalue weighted by Crippen LogP contribution is 2.32. The lowest BCUT2D eigenvalue weighted by Crippen LogP contribution is -2.44. The van der Waals surface area contributed by atoms with Crippen LogP contribution in [0.25, 0.3) is 0 Å². The van der Waals surface area contributed by atoms with Crippen molar-refractivity contribution in [2.24, 2.45) is 0 Å². The van der Waals surface area contributed by atoms with E-state index in [0.717, 1.165) is 25.4 Å². The highest BCUT2D eigenvalue weighted by atomic mass is 16.5. The fourth-order valence-corrected chi connectivity index (χ4v) is 2.97. The molecule has 0 saturated carbocycles. The second-order valence-corrected chi connectivity index (χ2v) is 5.06. The fourth-order valence-electron chi connectivity index (χ4n) is 2.97. The number of nitrogens with two attached hydrogens (primary N) is 1. The topological polar surface area (TPSA) is 38.5 Å². The molecule has 2 heterocycles. The van der Waals surface area contributed by atoms with Gasteiger partial charge in [-0.2, -0.15) is 0 Å². The third kappa shape index (κ3) is 2.12. The Kier molecular flexibility index (Phi) is 2.93. The van der Waals surface area contributed by atoms with Gasteiger partial charge in [-0.25, -0.2) is 0 Å². The minimum Gasteiger partial charge on any atom is -0.399 e. The normalized spacial score (nSPS) is 24.5. The zero-order valence-electron chi connectivity index (χ0n) is 10.2. The summed E-state index contributed by atoms with van der Waals surface area (Å²) in [6.07, 6.45) is 4.85. The molecule has 1 aromatic carbocycles. The number of fused-ring (bicyclic) bond motifs is 1. The van der Waals surface area contributed by atoms with Gasteiger partial charge in [0.1, 0.15) is 0 Å². The van der Waals surface area contributed by atoms with Gasteiger partial charge < -0.3 is 15.4 Å². The van der Waals surface area contributed by atoms with Gasteiger partial charge in [0.2, 0.25) is 0 Å². The van der Waals surface area contributed by atoms with Gasteiger partial charge in [-0.15, -0.1) is 0 Å². The Bertz CT molecular complexity index is 399. The number of anilines is 2. The third-order valence-corrected chi connectivity index (χ3v) is 3.84. The fraction of sp³-hybridized carbons (Fsp3) is 0.571. The minimum absolute atomic E-state index is 0.546. The van der Waals surface area contributed by atoms with Gasteiger partial charge in [-0.05, 0) is 43.4 Å². The number of hydrogen-bond donors (Lipinski definition) is 1. The molecule has 92 valence electrons. The Morgan fingerprint density at radius 2 is 2.24 bits per heavy atom. The number of nitrogen functional groups attached to an aromatic ring is 1. The van der Waals surface area contributed by atoms with Crippen LogP contribution in [0.15, 0.2) is 18.2 Å². The smallest absolute Gasteiger partial charge is 0.0669 e. The van der Waals surface area contributed by atoms with E-state index < -0.39 is 0 Å². The molecule has 3 heteroatoms. The third-order valence-electron chi connectivity index (χ3n) is 3.84. The molecule has 1 saturated heterocycles. The molecule has 1 unspecified atom stereocenters. The van der Waals surface area contributed by atoms with E-state index in [4.69, 9.17) is 10.5 Å². The number of rotatable bonds is 1. The van der Waals surface area contributed by atoms with Crippen LogP contribution in [0.4, 0.5) is 11.4 Å². The van der Waals surface area contributed by atoms with Crippen molar-refractivity contribution < 1.29 is 4.74 Å². The van der Waals surface area contributed by atoms with Crippen molar-refractivity contribution >= 4 is 11.4 Å². The van der Waals surface area contributed by atoms with Gasteiger partial charge in [0, 0.05) is 24.5 Å². The van der Waals surface area contributed by atoms with Crippen molar-refractivity contribution in [2.45, 2.75) is 31.7 Å². The van der Waals surface area contributed by atoms with E-state index in [1.165, 1.54) is 36.9 Å². The Morgan fingerprint density at radius 1 is 1.29 bits per heavy atom. The molecule has 1 aromatic rings. The van der Waals surface area contributed by atoms with Crippen molar-refractivity contribution in [1.82, 2.24) is 0 Å². The molecule has 0 bridgehead atoms. The van der Waals surface area contributed by atoms with Crippen LogP contribution in [0.3, 0.4) is 0 Å². The number of aryl methyl sites for hydroxylation is 1. The van der Waals surface area contributed by atoms with E-state index in [-0.39, 0.29) is 0 Å². The van der Waals surface area contributed by atoms with Crippen molar-refractivity contribution in [1.29, 1.82) is 0 Å². The van der Waals surface area contributed by atoms with Gasteiger partial charge in [0.05, 0.1) is 12.6 Å². The number of benzene rings is 1. The predicted octanol–water partition coefficient (Wildman–Crippen LogP) is 2.20. The first kappa shape index (κ1) is 10.9. The zero-order valence-corrected chi connectivity index (χ0v) is 10.2. The molecular weight excluding hydrogens is 212 g/mol. The van der Waals surface area contributed by atoms with Crippen LogP contribution >= 0.6 is 0 Å². The van der Waals surface area contributed by atoms with Crippen LogP contribution in [0, 0.1) is 0 Å².